The summed E-state index contributed by atoms with van der Waals surface area (Å²) in [6.45, 7) is 0. The summed E-state index contributed by atoms with van der Waals surface area (Å²) in [5.41, 5.74) is 13.9. The van der Waals surface area contributed by atoms with Crippen molar-refractivity contribution in [1.29, 1.82) is 0 Å². The van der Waals surface area contributed by atoms with E-state index >= 15 is 0 Å². The van der Waals surface area contributed by atoms with Gasteiger partial charge >= 0.3 is 0 Å². The second-order valence-electron chi connectivity index (χ2n) is 15.6. The highest BCUT2D eigenvalue weighted by Gasteiger charge is 2.27. The molecule has 0 bridgehead atoms. The number of anilines is 6. The lowest BCUT2D eigenvalue weighted by Crippen LogP contribution is -2.14. The minimum atomic E-state index is 0.831. The fourth-order valence-electron chi connectivity index (χ4n) is 9.24. The first kappa shape index (κ1) is 35.6. The van der Waals surface area contributed by atoms with Crippen LogP contribution in [0.3, 0.4) is 0 Å². The van der Waals surface area contributed by atoms with Crippen LogP contribution in [-0.2, 0) is 0 Å². The van der Waals surface area contributed by atoms with E-state index < -0.39 is 0 Å². The highest BCUT2D eigenvalue weighted by molar-refractivity contribution is 6.14. The molecule has 0 saturated carbocycles. The van der Waals surface area contributed by atoms with Crippen LogP contribution in [-0.4, -0.2) is 0 Å². The Morgan fingerprint density at radius 1 is 0.258 bits per heavy atom. The molecule has 10 aromatic carbocycles. The molecule has 12 aromatic rings. The van der Waals surface area contributed by atoms with Gasteiger partial charge in [0.2, 0.25) is 0 Å². The lowest BCUT2D eigenvalue weighted by atomic mass is 9.97. The SMILES string of the molecule is c1ccc(-c2ccc(N(c3ccccc3-c3ccccc3N(c3cccc4ccccc34)c3cccc4c3oc3ccccc34)c3cccc4c3oc3ccccc34)cc2)cc1. The Hall–Kier alpha value is -8.34. The molecular weight excluding hydrogens is 757 g/mol. The van der Waals surface area contributed by atoms with Crippen LogP contribution in [0.4, 0.5) is 34.1 Å². The summed E-state index contributed by atoms with van der Waals surface area (Å²) < 4.78 is 13.6. The number of hydrogen-bond donors (Lipinski definition) is 0. The van der Waals surface area contributed by atoms with Crippen molar-refractivity contribution in [2.24, 2.45) is 0 Å². The molecule has 0 unspecified atom stereocenters. The number of hydrogen-bond acceptors (Lipinski definition) is 4. The fourth-order valence-corrected chi connectivity index (χ4v) is 9.24. The van der Waals surface area contributed by atoms with Gasteiger partial charge in [0.15, 0.2) is 11.2 Å². The first-order valence-corrected chi connectivity index (χ1v) is 21.0. The average Bonchev–Trinajstić information content (AvgIpc) is 3.92. The van der Waals surface area contributed by atoms with Gasteiger partial charge in [-0.15, -0.1) is 0 Å². The molecule has 0 N–H and O–H groups in total. The number of para-hydroxylation sites is 6. The van der Waals surface area contributed by atoms with Crippen molar-refractivity contribution < 1.29 is 8.83 Å². The predicted octanol–water partition coefficient (Wildman–Crippen LogP) is 16.9. The molecule has 0 aliphatic rings. The minimum Gasteiger partial charge on any atom is -0.454 e. The molecule has 2 aromatic heterocycles. The maximum atomic E-state index is 6.79. The second kappa shape index (κ2) is 14.7. The number of nitrogens with zero attached hydrogens (tertiary/aromatic N) is 2. The highest BCUT2D eigenvalue weighted by Crippen LogP contribution is 2.51. The summed E-state index contributed by atoms with van der Waals surface area (Å²) in [6.07, 6.45) is 0. The van der Waals surface area contributed by atoms with Gasteiger partial charge < -0.3 is 18.6 Å². The van der Waals surface area contributed by atoms with Crippen molar-refractivity contribution in [3.05, 3.63) is 231 Å². The largest absolute Gasteiger partial charge is 0.454 e. The van der Waals surface area contributed by atoms with Gasteiger partial charge in [-0.3, -0.25) is 0 Å². The zero-order chi connectivity index (χ0) is 41.0. The molecule has 4 nitrogen and oxygen atoms in total. The summed E-state index contributed by atoms with van der Waals surface area (Å²) >= 11 is 0. The van der Waals surface area contributed by atoms with Crippen molar-refractivity contribution >= 4 is 88.8 Å². The highest BCUT2D eigenvalue weighted by atomic mass is 16.3. The maximum absolute atomic E-state index is 6.79. The summed E-state index contributed by atoms with van der Waals surface area (Å²) in [5.74, 6) is 0. The van der Waals surface area contributed by atoms with E-state index in [2.05, 4.69) is 222 Å². The van der Waals surface area contributed by atoms with Crippen molar-refractivity contribution in [3.8, 4) is 22.3 Å². The molecule has 0 aliphatic heterocycles. The topological polar surface area (TPSA) is 32.8 Å². The van der Waals surface area contributed by atoms with Crippen LogP contribution in [0.5, 0.6) is 0 Å². The van der Waals surface area contributed by atoms with Gasteiger partial charge in [-0.25, -0.2) is 0 Å². The third-order valence-electron chi connectivity index (χ3n) is 12.1. The molecule has 0 radical (unpaired) electrons. The van der Waals surface area contributed by atoms with E-state index in [1.54, 1.807) is 0 Å². The molecule has 0 fully saturated rings. The Balaban J connectivity index is 1.12. The first-order valence-electron chi connectivity index (χ1n) is 21.0. The fraction of sp³-hybridized carbons (Fsp3) is 0. The van der Waals surface area contributed by atoms with Gasteiger partial charge in [0.05, 0.1) is 28.4 Å². The van der Waals surface area contributed by atoms with Gasteiger partial charge in [0, 0.05) is 43.7 Å². The second-order valence-corrected chi connectivity index (χ2v) is 15.6. The van der Waals surface area contributed by atoms with E-state index in [-0.39, 0.29) is 0 Å². The number of furan rings is 2. The molecule has 0 atom stereocenters. The zero-order valence-corrected chi connectivity index (χ0v) is 33.7. The molecule has 0 spiro atoms. The Morgan fingerprint density at radius 2 is 0.677 bits per heavy atom. The van der Waals surface area contributed by atoms with Crippen molar-refractivity contribution in [3.63, 3.8) is 0 Å². The standard InChI is InChI=1S/C58H38N2O2/c1-2-17-39(18-3-1)40-35-37-42(38-36-40)59(53-31-15-26-48-46-24-8-12-33-55(46)61-57(48)53)51-28-10-6-22-44(51)45-23-7-11-29-52(45)60(50-30-14-20-41-19-4-5-21-43(41)50)54-32-16-27-49-47-25-9-13-34-56(47)62-58(49)54/h1-38H. The van der Waals surface area contributed by atoms with Crippen LogP contribution in [0.2, 0.25) is 0 Å². The lowest BCUT2D eigenvalue weighted by molar-refractivity contribution is 0.668. The van der Waals surface area contributed by atoms with Crippen molar-refractivity contribution in [2.75, 3.05) is 9.80 Å². The molecule has 0 aliphatic carbocycles. The molecule has 4 heteroatoms. The van der Waals surface area contributed by atoms with E-state index in [0.29, 0.717) is 0 Å². The monoisotopic (exact) mass is 794 g/mol. The van der Waals surface area contributed by atoms with Gasteiger partial charge in [0.1, 0.15) is 11.2 Å². The van der Waals surface area contributed by atoms with E-state index in [9.17, 15) is 0 Å². The normalized spacial score (nSPS) is 11.5. The number of benzene rings is 10. The van der Waals surface area contributed by atoms with Gasteiger partial charge in [-0.1, -0.05) is 176 Å². The van der Waals surface area contributed by atoms with Gasteiger partial charge in [-0.05, 0) is 71.1 Å². The molecule has 2 heterocycles. The third kappa shape index (κ3) is 5.84. The molecule has 0 saturated heterocycles. The van der Waals surface area contributed by atoms with Crippen molar-refractivity contribution in [2.45, 2.75) is 0 Å². The van der Waals surface area contributed by atoms with Crippen LogP contribution >= 0.6 is 0 Å². The number of fused-ring (bicyclic) bond motifs is 7. The van der Waals surface area contributed by atoms with Gasteiger partial charge in [0.25, 0.3) is 0 Å². The minimum absolute atomic E-state index is 0.831. The Morgan fingerprint density at radius 3 is 1.32 bits per heavy atom. The summed E-state index contributed by atoms with van der Waals surface area (Å²) in [7, 11) is 0. The average molecular weight is 795 g/mol. The van der Waals surface area contributed by atoms with E-state index in [1.165, 1.54) is 5.56 Å². The smallest absolute Gasteiger partial charge is 0.159 e. The summed E-state index contributed by atoms with van der Waals surface area (Å²) in [4.78, 5) is 4.74. The molecule has 62 heavy (non-hydrogen) atoms. The van der Waals surface area contributed by atoms with Crippen LogP contribution in [0.1, 0.15) is 0 Å². The Labute approximate surface area is 358 Å². The Kier molecular flexibility index (Phi) is 8.46. The first-order chi connectivity index (χ1) is 30.8. The molecule has 12 rings (SSSR count). The van der Waals surface area contributed by atoms with Crippen LogP contribution in [0.15, 0.2) is 239 Å². The molecule has 0 amide bonds. The Bertz CT molecular complexity index is 3600. The van der Waals surface area contributed by atoms with E-state index in [0.717, 1.165) is 105 Å². The van der Waals surface area contributed by atoms with Gasteiger partial charge in [-0.2, -0.15) is 0 Å². The van der Waals surface area contributed by atoms with Crippen LogP contribution < -0.4 is 9.80 Å². The molecule has 292 valence electrons. The summed E-state index contributed by atoms with van der Waals surface area (Å²) in [6, 6.07) is 81.5. The molecular formula is C58H38N2O2. The van der Waals surface area contributed by atoms with Crippen LogP contribution in [0.25, 0.3) is 76.9 Å². The zero-order valence-electron chi connectivity index (χ0n) is 33.7. The third-order valence-corrected chi connectivity index (χ3v) is 12.1. The number of rotatable bonds is 8. The van der Waals surface area contributed by atoms with Crippen molar-refractivity contribution in [1.82, 2.24) is 0 Å². The predicted molar refractivity (Wildman–Crippen MR) is 259 cm³/mol. The van der Waals surface area contributed by atoms with E-state index in [4.69, 9.17) is 8.83 Å². The maximum Gasteiger partial charge on any atom is 0.159 e. The van der Waals surface area contributed by atoms with Crippen LogP contribution in [0, 0.1) is 0 Å². The van der Waals surface area contributed by atoms with E-state index in [1.807, 2.05) is 18.2 Å². The summed E-state index contributed by atoms with van der Waals surface area (Å²) in [5, 5.41) is 6.63. The quantitative estimate of drug-likeness (QED) is 0.153. The lowest BCUT2D eigenvalue weighted by Gasteiger charge is -2.31.